The third-order valence-electron chi connectivity index (χ3n) is 3.65. The summed E-state index contributed by atoms with van der Waals surface area (Å²) < 4.78 is 5.67. The van der Waals surface area contributed by atoms with E-state index in [9.17, 15) is 0 Å². The van der Waals surface area contributed by atoms with E-state index in [1.165, 1.54) is 57.8 Å². The smallest absolute Gasteiger partial charge is 0.139 e. The fourth-order valence-electron chi connectivity index (χ4n) is 2.36. The number of unbranched alkanes of at least 4 members (excludes halogenated alkanes) is 9. The van der Waals surface area contributed by atoms with E-state index in [1.807, 2.05) is 0 Å². The second-order valence-electron chi connectivity index (χ2n) is 5.61. The molecule has 0 fully saturated rings. The number of ether oxygens (including phenoxy) is 1. The van der Waals surface area contributed by atoms with Gasteiger partial charge < -0.3 is 4.74 Å². The number of hydrogen-bond donors (Lipinski definition) is 0. The molecule has 1 nitrogen and oxygen atoms in total. The SMILES string of the molecule is CCCCCCCCCCCCOc1cc(Cl)ccc1Cl. The van der Waals surface area contributed by atoms with Gasteiger partial charge in [0.2, 0.25) is 0 Å². The topological polar surface area (TPSA) is 9.23 Å². The Labute approximate surface area is 140 Å². The normalized spacial score (nSPS) is 10.8. The summed E-state index contributed by atoms with van der Waals surface area (Å²) in [6.07, 6.45) is 13.3. The lowest BCUT2D eigenvalue weighted by molar-refractivity contribution is 0.304. The van der Waals surface area contributed by atoms with Gasteiger partial charge in [0.05, 0.1) is 11.6 Å². The van der Waals surface area contributed by atoms with Gasteiger partial charge in [0.1, 0.15) is 5.75 Å². The molecule has 1 rings (SSSR count). The first kappa shape index (κ1) is 18.6. The lowest BCUT2D eigenvalue weighted by Gasteiger charge is -2.08. The van der Waals surface area contributed by atoms with Crippen molar-refractivity contribution in [2.24, 2.45) is 0 Å². The summed E-state index contributed by atoms with van der Waals surface area (Å²) in [6.45, 7) is 2.98. The van der Waals surface area contributed by atoms with Crippen molar-refractivity contribution in [3.05, 3.63) is 28.2 Å². The van der Waals surface area contributed by atoms with Gasteiger partial charge in [-0.3, -0.25) is 0 Å². The van der Waals surface area contributed by atoms with Crippen LogP contribution < -0.4 is 4.74 Å². The first-order valence-electron chi connectivity index (χ1n) is 8.32. The first-order valence-corrected chi connectivity index (χ1v) is 9.07. The zero-order chi connectivity index (χ0) is 15.3. The predicted octanol–water partition coefficient (Wildman–Crippen LogP) is 7.29. The van der Waals surface area contributed by atoms with Crippen molar-refractivity contribution in [3.8, 4) is 5.75 Å². The van der Waals surface area contributed by atoms with Crippen LogP contribution in [0.1, 0.15) is 71.1 Å². The average Bonchev–Trinajstić information content (AvgIpc) is 2.48. The molecule has 0 unspecified atom stereocenters. The highest BCUT2D eigenvalue weighted by molar-refractivity contribution is 6.34. The Morgan fingerprint density at radius 2 is 1.38 bits per heavy atom. The summed E-state index contributed by atoms with van der Waals surface area (Å²) in [5.74, 6) is 0.695. The number of benzene rings is 1. The molecule has 0 aliphatic rings. The lowest BCUT2D eigenvalue weighted by Crippen LogP contribution is -1.97. The van der Waals surface area contributed by atoms with Crippen LogP contribution in [0.4, 0.5) is 0 Å². The highest BCUT2D eigenvalue weighted by Gasteiger charge is 2.02. The highest BCUT2D eigenvalue weighted by atomic mass is 35.5. The molecule has 120 valence electrons. The molecule has 3 heteroatoms. The van der Waals surface area contributed by atoms with Crippen molar-refractivity contribution in [1.29, 1.82) is 0 Å². The van der Waals surface area contributed by atoms with Crippen molar-refractivity contribution in [1.82, 2.24) is 0 Å². The van der Waals surface area contributed by atoms with Crippen LogP contribution in [0.25, 0.3) is 0 Å². The third-order valence-corrected chi connectivity index (χ3v) is 4.20. The van der Waals surface area contributed by atoms with Crippen LogP contribution >= 0.6 is 23.2 Å². The predicted molar refractivity (Wildman–Crippen MR) is 93.8 cm³/mol. The van der Waals surface area contributed by atoms with Crippen molar-refractivity contribution in [2.75, 3.05) is 6.61 Å². The van der Waals surface area contributed by atoms with E-state index in [0.717, 1.165) is 13.0 Å². The second kappa shape index (κ2) is 12.2. The minimum absolute atomic E-state index is 0.631. The van der Waals surface area contributed by atoms with Gasteiger partial charge in [-0.25, -0.2) is 0 Å². The second-order valence-corrected chi connectivity index (χ2v) is 6.45. The maximum atomic E-state index is 6.05. The first-order chi connectivity index (χ1) is 10.2. The van der Waals surface area contributed by atoms with E-state index >= 15 is 0 Å². The number of halogens is 2. The van der Waals surface area contributed by atoms with Crippen molar-refractivity contribution < 1.29 is 4.74 Å². The Kier molecular flexibility index (Phi) is 10.8. The van der Waals surface area contributed by atoms with Crippen LogP contribution in [-0.2, 0) is 0 Å². The van der Waals surface area contributed by atoms with E-state index in [4.69, 9.17) is 27.9 Å². The van der Waals surface area contributed by atoms with Crippen LogP contribution in [-0.4, -0.2) is 6.61 Å². The molecule has 0 aromatic heterocycles. The van der Waals surface area contributed by atoms with E-state index in [0.29, 0.717) is 15.8 Å². The molecule has 0 heterocycles. The van der Waals surface area contributed by atoms with E-state index in [2.05, 4.69) is 6.92 Å². The molecule has 0 saturated carbocycles. The molecule has 21 heavy (non-hydrogen) atoms. The Balaban J connectivity index is 1.94. The third kappa shape index (κ3) is 9.26. The van der Waals surface area contributed by atoms with E-state index < -0.39 is 0 Å². The minimum atomic E-state index is 0.631. The summed E-state index contributed by atoms with van der Waals surface area (Å²) >= 11 is 12.0. The molecule has 0 bridgehead atoms. The summed E-state index contributed by atoms with van der Waals surface area (Å²) in [6, 6.07) is 5.33. The molecule has 0 saturated heterocycles. The molecule has 0 aliphatic heterocycles. The van der Waals surface area contributed by atoms with Crippen LogP contribution in [0, 0.1) is 0 Å². The van der Waals surface area contributed by atoms with Gasteiger partial charge in [-0.05, 0) is 18.6 Å². The molecule has 0 spiro atoms. The molecule has 1 aromatic rings. The zero-order valence-corrected chi connectivity index (χ0v) is 14.7. The van der Waals surface area contributed by atoms with Gasteiger partial charge in [0.15, 0.2) is 0 Å². The van der Waals surface area contributed by atoms with Crippen LogP contribution in [0.2, 0.25) is 10.0 Å². The molecule has 0 amide bonds. The summed E-state index contributed by atoms with van der Waals surface area (Å²) in [5, 5.41) is 1.30. The van der Waals surface area contributed by atoms with Crippen LogP contribution in [0.15, 0.2) is 18.2 Å². The van der Waals surface area contributed by atoms with Gasteiger partial charge in [-0.15, -0.1) is 0 Å². The van der Waals surface area contributed by atoms with Gasteiger partial charge >= 0.3 is 0 Å². The molecule has 0 N–H and O–H groups in total. The molecule has 0 aliphatic carbocycles. The molecule has 0 radical (unpaired) electrons. The van der Waals surface area contributed by atoms with Crippen molar-refractivity contribution in [3.63, 3.8) is 0 Å². The quantitative estimate of drug-likeness (QED) is 0.365. The number of hydrogen-bond acceptors (Lipinski definition) is 1. The fraction of sp³-hybridized carbons (Fsp3) is 0.667. The Bertz CT molecular complexity index is 379. The van der Waals surface area contributed by atoms with Crippen LogP contribution in [0.3, 0.4) is 0 Å². The van der Waals surface area contributed by atoms with Gasteiger partial charge in [-0.1, -0.05) is 87.9 Å². The molecule has 1 aromatic carbocycles. The number of rotatable bonds is 12. The Morgan fingerprint density at radius 1 is 0.810 bits per heavy atom. The zero-order valence-electron chi connectivity index (χ0n) is 13.2. The molecular formula is C18H28Cl2O. The summed E-state index contributed by atoms with van der Waals surface area (Å²) in [5.41, 5.74) is 0. The van der Waals surface area contributed by atoms with Gasteiger partial charge in [-0.2, -0.15) is 0 Å². The Hall–Kier alpha value is -0.400. The summed E-state index contributed by atoms with van der Waals surface area (Å²) in [4.78, 5) is 0. The fourth-order valence-corrected chi connectivity index (χ4v) is 2.69. The van der Waals surface area contributed by atoms with Crippen molar-refractivity contribution in [2.45, 2.75) is 71.1 Å². The maximum Gasteiger partial charge on any atom is 0.139 e. The Morgan fingerprint density at radius 3 is 2.00 bits per heavy atom. The van der Waals surface area contributed by atoms with Crippen molar-refractivity contribution >= 4 is 23.2 Å². The standard InChI is InChI=1S/C18H28Cl2O/c1-2-3-4-5-6-7-8-9-10-11-14-21-18-15-16(19)12-13-17(18)20/h12-13,15H,2-11,14H2,1H3. The largest absolute Gasteiger partial charge is 0.492 e. The monoisotopic (exact) mass is 330 g/mol. The van der Waals surface area contributed by atoms with E-state index in [1.54, 1.807) is 18.2 Å². The van der Waals surface area contributed by atoms with Gasteiger partial charge in [0, 0.05) is 11.1 Å². The average molecular weight is 331 g/mol. The summed E-state index contributed by atoms with van der Waals surface area (Å²) in [7, 11) is 0. The minimum Gasteiger partial charge on any atom is -0.492 e. The van der Waals surface area contributed by atoms with E-state index in [-0.39, 0.29) is 0 Å². The maximum absolute atomic E-state index is 6.05. The van der Waals surface area contributed by atoms with Gasteiger partial charge in [0.25, 0.3) is 0 Å². The lowest BCUT2D eigenvalue weighted by atomic mass is 10.1. The highest BCUT2D eigenvalue weighted by Crippen LogP contribution is 2.27. The molecule has 0 atom stereocenters. The molecular weight excluding hydrogens is 303 g/mol. The van der Waals surface area contributed by atoms with Crippen LogP contribution in [0.5, 0.6) is 5.75 Å².